The molecule has 0 bridgehead atoms. The van der Waals surface area contributed by atoms with Crippen molar-refractivity contribution in [3.63, 3.8) is 0 Å². The van der Waals surface area contributed by atoms with Crippen LogP contribution in [0.4, 0.5) is 11.4 Å². The molecule has 1 amide bonds. The van der Waals surface area contributed by atoms with Crippen LogP contribution < -0.4 is 20.3 Å². The Morgan fingerprint density at radius 2 is 1.82 bits per heavy atom. The van der Waals surface area contributed by atoms with Gasteiger partial charge < -0.3 is 25.2 Å². The molecule has 1 heterocycles. The van der Waals surface area contributed by atoms with Crippen LogP contribution >= 0.6 is 17.0 Å². The lowest BCUT2D eigenvalue weighted by molar-refractivity contribution is 0.0955. The van der Waals surface area contributed by atoms with Crippen molar-refractivity contribution >= 4 is 45.9 Å². The number of hydrogen-bond donors (Lipinski definition) is 3. The standard InChI is InChI=1S/C29H41N5O3.BrH/c1-17(2)14-32-23-11-18(10-22(26(23)37-9)29(3,4)5)25(35)16-34-15-19-12-24(33(7)8)21(28(36)31-6)13-20(19)27(34)30;/h10-13,17,30,32H,14-16H2,1-9H3,(H,31,36);1H. The Kier molecular flexibility index (Phi) is 10.00. The molecule has 208 valence electrons. The molecule has 0 saturated carbocycles. The van der Waals surface area contributed by atoms with Crippen molar-refractivity contribution in [1.82, 2.24) is 10.2 Å². The number of anilines is 2. The Balaban J connectivity index is 0.00000507. The first kappa shape index (κ1) is 31.1. The molecule has 0 atom stereocenters. The minimum atomic E-state index is -0.231. The summed E-state index contributed by atoms with van der Waals surface area (Å²) in [6.45, 7) is 11.8. The van der Waals surface area contributed by atoms with Crippen molar-refractivity contribution in [2.45, 2.75) is 46.6 Å². The third-order valence-corrected chi connectivity index (χ3v) is 6.57. The summed E-state index contributed by atoms with van der Waals surface area (Å²) in [7, 11) is 7.02. The van der Waals surface area contributed by atoms with Crippen LogP contribution in [0.5, 0.6) is 5.75 Å². The van der Waals surface area contributed by atoms with Crippen LogP contribution in [-0.2, 0) is 12.0 Å². The maximum atomic E-state index is 13.6. The molecule has 0 radical (unpaired) electrons. The average molecular weight is 589 g/mol. The van der Waals surface area contributed by atoms with Gasteiger partial charge in [0.25, 0.3) is 5.91 Å². The molecule has 0 spiro atoms. The largest absolute Gasteiger partial charge is 0.494 e. The highest BCUT2D eigenvalue weighted by atomic mass is 79.9. The topological polar surface area (TPSA) is 97.8 Å². The van der Waals surface area contributed by atoms with Crippen molar-refractivity contribution in [2.24, 2.45) is 5.92 Å². The molecule has 2 aromatic rings. The number of amides is 1. The van der Waals surface area contributed by atoms with E-state index >= 15 is 0 Å². The lowest BCUT2D eigenvalue weighted by Gasteiger charge is -2.26. The quantitative estimate of drug-likeness (QED) is 0.354. The zero-order chi connectivity index (χ0) is 27.7. The van der Waals surface area contributed by atoms with E-state index in [9.17, 15) is 9.59 Å². The Bertz CT molecular complexity index is 1220. The minimum absolute atomic E-state index is 0. The van der Waals surface area contributed by atoms with E-state index in [0.29, 0.717) is 29.2 Å². The fraction of sp³-hybridized carbons (Fsp3) is 0.483. The number of ether oxygens (including phenoxy) is 1. The van der Waals surface area contributed by atoms with Crippen LogP contribution in [0.3, 0.4) is 0 Å². The summed E-state index contributed by atoms with van der Waals surface area (Å²) in [4.78, 5) is 29.7. The number of halogens is 1. The second kappa shape index (κ2) is 12.2. The Labute approximate surface area is 237 Å². The summed E-state index contributed by atoms with van der Waals surface area (Å²) in [5.74, 6) is 1.16. The van der Waals surface area contributed by atoms with Gasteiger partial charge in [-0.2, -0.15) is 0 Å². The molecule has 0 saturated heterocycles. The van der Waals surface area contributed by atoms with Gasteiger partial charge in [-0.05, 0) is 41.2 Å². The lowest BCUT2D eigenvalue weighted by Crippen LogP contribution is -2.30. The maximum absolute atomic E-state index is 13.6. The number of hydrogen-bond acceptors (Lipinski definition) is 6. The number of nitrogens with zero attached hydrogens (tertiary/aromatic N) is 2. The second-order valence-electron chi connectivity index (χ2n) is 11.3. The molecule has 8 nitrogen and oxygen atoms in total. The molecule has 0 unspecified atom stereocenters. The van der Waals surface area contributed by atoms with Gasteiger partial charge in [0.05, 0.1) is 24.9 Å². The normalized spacial score (nSPS) is 12.7. The van der Waals surface area contributed by atoms with Crippen LogP contribution in [0.2, 0.25) is 0 Å². The zero-order valence-electron chi connectivity index (χ0n) is 24.0. The van der Waals surface area contributed by atoms with Crippen molar-refractivity contribution < 1.29 is 14.3 Å². The van der Waals surface area contributed by atoms with Crippen molar-refractivity contribution in [1.29, 1.82) is 5.41 Å². The number of ketones is 1. The van der Waals surface area contributed by atoms with Gasteiger partial charge in [-0.15, -0.1) is 17.0 Å². The number of rotatable bonds is 9. The van der Waals surface area contributed by atoms with Crippen LogP contribution in [0.15, 0.2) is 24.3 Å². The molecular weight excluding hydrogens is 546 g/mol. The summed E-state index contributed by atoms with van der Waals surface area (Å²) in [6, 6.07) is 7.48. The number of Topliss-reactive ketones (excluding diaryl/α,β-unsaturated/α-hetero) is 1. The average Bonchev–Trinajstić information content (AvgIpc) is 3.14. The zero-order valence-corrected chi connectivity index (χ0v) is 25.7. The highest BCUT2D eigenvalue weighted by Crippen LogP contribution is 2.39. The van der Waals surface area contributed by atoms with Crippen molar-refractivity contribution in [3.05, 3.63) is 52.1 Å². The summed E-state index contributed by atoms with van der Waals surface area (Å²) in [5, 5.41) is 14.9. The molecular formula is C29H42BrN5O3. The molecule has 38 heavy (non-hydrogen) atoms. The third kappa shape index (κ3) is 6.49. The number of amidine groups is 1. The molecule has 0 fully saturated rings. The molecule has 1 aliphatic heterocycles. The van der Waals surface area contributed by atoms with Gasteiger partial charge in [0, 0.05) is 56.6 Å². The fourth-order valence-electron chi connectivity index (χ4n) is 4.54. The van der Waals surface area contributed by atoms with E-state index in [1.807, 2.05) is 37.2 Å². The van der Waals surface area contributed by atoms with Gasteiger partial charge in [-0.3, -0.25) is 15.0 Å². The lowest BCUT2D eigenvalue weighted by atomic mass is 9.84. The predicted molar refractivity (Wildman–Crippen MR) is 161 cm³/mol. The number of nitrogens with one attached hydrogen (secondary N) is 3. The molecule has 2 aromatic carbocycles. The van der Waals surface area contributed by atoms with Crippen LogP contribution in [0, 0.1) is 11.3 Å². The molecule has 0 aromatic heterocycles. The number of methoxy groups -OCH3 is 1. The van der Waals surface area contributed by atoms with Gasteiger partial charge in [0.2, 0.25) is 0 Å². The first-order valence-electron chi connectivity index (χ1n) is 12.7. The second-order valence-corrected chi connectivity index (χ2v) is 11.3. The maximum Gasteiger partial charge on any atom is 0.253 e. The van der Waals surface area contributed by atoms with Crippen molar-refractivity contribution in [2.75, 3.05) is 51.6 Å². The van der Waals surface area contributed by atoms with Gasteiger partial charge in [0.15, 0.2) is 5.78 Å². The SMILES string of the molecule is Br.CNC(=O)c1cc2c(cc1N(C)C)CN(CC(=O)c1cc(NCC(C)C)c(OC)c(C(C)(C)C)c1)C2=N. The summed E-state index contributed by atoms with van der Waals surface area (Å²) < 4.78 is 5.78. The molecule has 3 N–H and O–H groups in total. The number of benzene rings is 2. The van der Waals surface area contributed by atoms with Gasteiger partial charge in [-0.25, -0.2) is 0 Å². The van der Waals surface area contributed by atoms with Gasteiger partial charge in [0.1, 0.15) is 11.6 Å². The summed E-state index contributed by atoms with van der Waals surface area (Å²) >= 11 is 0. The third-order valence-electron chi connectivity index (χ3n) is 6.57. The fourth-order valence-corrected chi connectivity index (χ4v) is 4.54. The number of carbonyl (C=O) groups excluding carboxylic acids is 2. The Morgan fingerprint density at radius 3 is 2.34 bits per heavy atom. The minimum Gasteiger partial charge on any atom is -0.494 e. The number of carbonyl (C=O) groups is 2. The monoisotopic (exact) mass is 587 g/mol. The molecule has 9 heteroatoms. The summed E-state index contributed by atoms with van der Waals surface area (Å²) in [5.41, 5.74) is 5.02. The molecule has 3 rings (SSSR count). The van der Waals surface area contributed by atoms with Crippen molar-refractivity contribution in [3.8, 4) is 5.75 Å². The molecule has 0 aliphatic carbocycles. The van der Waals surface area contributed by atoms with E-state index in [4.69, 9.17) is 10.1 Å². The van der Waals surface area contributed by atoms with Gasteiger partial charge >= 0.3 is 0 Å². The smallest absolute Gasteiger partial charge is 0.253 e. The van der Waals surface area contributed by atoms with E-state index in [-0.39, 0.29) is 46.5 Å². The van der Waals surface area contributed by atoms with Crippen LogP contribution in [-0.4, -0.2) is 63.8 Å². The first-order chi connectivity index (χ1) is 17.3. The van der Waals surface area contributed by atoms with Gasteiger partial charge in [-0.1, -0.05) is 34.6 Å². The Morgan fingerprint density at radius 1 is 1.16 bits per heavy atom. The van der Waals surface area contributed by atoms with Crippen LogP contribution in [0.25, 0.3) is 0 Å². The summed E-state index contributed by atoms with van der Waals surface area (Å²) in [6.07, 6.45) is 0. The predicted octanol–water partition coefficient (Wildman–Crippen LogP) is 5.09. The highest BCUT2D eigenvalue weighted by molar-refractivity contribution is 8.93. The first-order valence-corrected chi connectivity index (χ1v) is 12.7. The van der Waals surface area contributed by atoms with E-state index < -0.39 is 0 Å². The van der Waals surface area contributed by atoms with E-state index in [1.165, 1.54) is 0 Å². The number of fused-ring (bicyclic) bond motifs is 1. The van der Waals surface area contributed by atoms with E-state index in [2.05, 4.69) is 45.3 Å². The van der Waals surface area contributed by atoms with E-state index in [0.717, 1.165) is 34.8 Å². The van der Waals surface area contributed by atoms with E-state index in [1.54, 1.807) is 25.1 Å². The van der Waals surface area contributed by atoms with Crippen LogP contribution in [0.1, 0.15) is 72.0 Å². The highest BCUT2D eigenvalue weighted by Gasteiger charge is 2.30. The Hall–Kier alpha value is -3.07. The molecule has 1 aliphatic rings.